The molecule has 1 aromatic carbocycles. The average molecular weight is 353 g/mol. The molecule has 1 amide bonds. The van der Waals surface area contributed by atoms with Gasteiger partial charge >= 0.3 is 12.1 Å². The Balaban J connectivity index is 1.92. The first-order chi connectivity index (χ1) is 10.7. The van der Waals surface area contributed by atoms with Gasteiger partial charge in [-0.15, -0.1) is 0 Å². The van der Waals surface area contributed by atoms with E-state index in [0.29, 0.717) is 0 Å². The van der Waals surface area contributed by atoms with E-state index >= 15 is 0 Å². The van der Waals surface area contributed by atoms with E-state index in [0.717, 1.165) is 18.2 Å². The summed E-state index contributed by atoms with van der Waals surface area (Å²) in [5.74, 6) is -3.39. The summed E-state index contributed by atoms with van der Waals surface area (Å²) in [4.78, 5) is 12.3. The fraction of sp³-hybridized carbons (Fsp3) is 0.385. The van der Waals surface area contributed by atoms with E-state index in [1.807, 2.05) is 5.32 Å². The lowest BCUT2D eigenvalue weighted by atomic mass is 10.2. The molecule has 1 aliphatic rings. The van der Waals surface area contributed by atoms with Crippen molar-refractivity contribution in [2.24, 2.45) is 0 Å². The number of nitrogens with one attached hydrogen (secondary N) is 2. The highest BCUT2D eigenvalue weighted by Crippen LogP contribution is 2.19. The number of anilines is 1. The van der Waals surface area contributed by atoms with E-state index in [9.17, 15) is 26.7 Å². The molecule has 1 fully saturated rings. The first-order valence-electron chi connectivity index (χ1n) is 6.55. The van der Waals surface area contributed by atoms with E-state index in [1.165, 1.54) is 4.90 Å². The van der Waals surface area contributed by atoms with Crippen LogP contribution in [-0.4, -0.2) is 41.2 Å². The topological polar surface area (TPSA) is 44.4 Å². The lowest BCUT2D eigenvalue weighted by Gasteiger charge is -2.21. The zero-order valence-corrected chi connectivity index (χ0v) is 12.4. The molecule has 126 valence electrons. The molecule has 2 N–H and O–H groups in total. The second kappa shape index (κ2) is 6.65. The fourth-order valence-electron chi connectivity index (χ4n) is 2.12. The van der Waals surface area contributed by atoms with Crippen molar-refractivity contribution in [2.45, 2.75) is 18.6 Å². The Morgan fingerprint density at radius 1 is 1.30 bits per heavy atom. The predicted octanol–water partition coefficient (Wildman–Crippen LogP) is 2.41. The van der Waals surface area contributed by atoms with Crippen molar-refractivity contribution in [1.82, 2.24) is 10.2 Å². The summed E-state index contributed by atoms with van der Waals surface area (Å²) in [6.45, 7) is 0.330. The van der Waals surface area contributed by atoms with Crippen molar-refractivity contribution in [2.75, 3.05) is 18.4 Å². The van der Waals surface area contributed by atoms with Crippen molar-refractivity contribution in [3.05, 3.63) is 29.8 Å². The van der Waals surface area contributed by atoms with E-state index in [-0.39, 0.29) is 30.3 Å². The molecule has 0 bridgehead atoms. The molecule has 1 heterocycles. The second-order valence-corrected chi connectivity index (χ2v) is 5.34. The first kappa shape index (κ1) is 17.4. The normalized spacial score (nSPS) is 18.0. The molecule has 0 aliphatic carbocycles. The van der Waals surface area contributed by atoms with Crippen LogP contribution in [0.3, 0.4) is 0 Å². The number of rotatable bonds is 2. The van der Waals surface area contributed by atoms with Gasteiger partial charge in [-0.05, 0) is 30.8 Å². The Morgan fingerprint density at radius 2 is 2.00 bits per heavy atom. The summed E-state index contributed by atoms with van der Waals surface area (Å²) < 4.78 is 63.1. The van der Waals surface area contributed by atoms with E-state index in [4.69, 9.17) is 12.2 Å². The van der Waals surface area contributed by atoms with Gasteiger partial charge in [0.1, 0.15) is 11.6 Å². The largest absolute Gasteiger partial charge is 0.471 e. The number of alkyl halides is 3. The smallest absolute Gasteiger partial charge is 0.347 e. The van der Waals surface area contributed by atoms with Crippen molar-refractivity contribution < 1.29 is 26.7 Å². The van der Waals surface area contributed by atoms with Gasteiger partial charge in [-0.25, -0.2) is 8.78 Å². The van der Waals surface area contributed by atoms with Gasteiger partial charge in [0.25, 0.3) is 0 Å². The minimum atomic E-state index is -4.95. The monoisotopic (exact) mass is 353 g/mol. The quantitative estimate of drug-likeness (QED) is 0.633. The van der Waals surface area contributed by atoms with Crippen LogP contribution >= 0.6 is 12.2 Å². The number of hydrogen-bond donors (Lipinski definition) is 2. The van der Waals surface area contributed by atoms with Crippen LogP contribution in [0.1, 0.15) is 6.42 Å². The molecule has 0 saturated carbocycles. The van der Waals surface area contributed by atoms with Crippen LogP contribution in [0.25, 0.3) is 0 Å². The highest BCUT2D eigenvalue weighted by Gasteiger charge is 2.40. The van der Waals surface area contributed by atoms with Crippen LogP contribution in [0.2, 0.25) is 0 Å². The average Bonchev–Trinajstić information content (AvgIpc) is 2.90. The molecule has 1 aliphatic heterocycles. The highest BCUT2D eigenvalue weighted by molar-refractivity contribution is 7.80. The molecule has 1 aromatic rings. The minimum absolute atomic E-state index is 0.0401. The summed E-state index contributed by atoms with van der Waals surface area (Å²) in [6, 6.07) is 2.07. The molecule has 0 aromatic heterocycles. The van der Waals surface area contributed by atoms with E-state index in [2.05, 4.69) is 5.32 Å². The highest BCUT2D eigenvalue weighted by atomic mass is 32.1. The standard InChI is InChI=1S/C13H12F5N3OS/c14-7-1-2-9(15)10(5-7)20-12(23)21-4-3-8(6-21)19-11(22)13(16,17)18/h1-2,5,8H,3-4,6H2,(H,19,22)(H,20,23). The van der Waals surface area contributed by atoms with Gasteiger partial charge in [0.2, 0.25) is 0 Å². The summed E-state index contributed by atoms with van der Waals surface area (Å²) in [6.07, 6.45) is -4.69. The third kappa shape index (κ3) is 4.50. The number of benzene rings is 1. The van der Waals surface area contributed by atoms with Gasteiger partial charge in [-0.1, -0.05) is 0 Å². The van der Waals surface area contributed by atoms with Gasteiger partial charge in [0, 0.05) is 25.2 Å². The minimum Gasteiger partial charge on any atom is -0.347 e. The molecular weight excluding hydrogens is 341 g/mol. The van der Waals surface area contributed by atoms with Crippen molar-refractivity contribution in [3.63, 3.8) is 0 Å². The van der Waals surface area contributed by atoms with Gasteiger partial charge in [-0.3, -0.25) is 4.79 Å². The molecule has 23 heavy (non-hydrogen) atoms. The van der Waals surface area contributed by atoms with Gasteiger partial charge < -0.3 is 15.5 Å². The predicted molar refractivity (Wildman–Crippen MR) is 76.8 cm³/mol. The maximum atomic E-state index is 13.5. The summed E-state index contributed by atoms with van der Waals surface area (Å²) >= 11 is 5.03. The van der Waals surface area contributed by atoms with E-state index < -0.39 is 29.8 Å². The number of carbonyl (C=O) groups is 1. The van der Waals surface area contributed by atoms with Crippen LogP contribution in [0.15, 0.2) is 18.2 Å². The maximum absolute atomic E-state index is 13.5. The van der Waals surface area contributed by atoms with Gasteiger partial charge in [-0.2, -0.15) is 13.2 Å². The van der Waals surface area contributed by atoms with Crippen molar-refractivity contribution >= 4 is 28.9 Å². The number of halogens is 5. The van der Waals surface area contributed by atoms with Crippen molar-refractivity contribution in [1.29, 1.82) is 0 Å². The Morgan fingerprint density at radius 3 is 2.65 bits per heavy atom. The van der Waals surface area contributed by atoms with Gasteiger partial charge in [0.15, 0.2) is 5.11 Å². The lowest BCUT2D eigenvalue weighted by molar-refractivity contribution is -0.174. The molecule has 1 saturated heterocycles. The molecule has 0 radical (unpaired) electrons. The Bertz CT molecular complexity index is 622. The molecule has 4 nitrogen and oxygen atoms in total. The number of hydrogen-bond acceptors (Lipinski definition) is 2. The molecule has 2 rings (SSSR count). The van der Waals surface area contributed by atoms with Gasteiger partial charge in [0.05, 0.1) is 5.69 Å². The first-order valence-corrected chi connectivity index (χ1v) is 6.96. The SMILES string of the molecule is O=C(NC1CCN(C(=S)Nc2cc(F)ccc2F)C1)C(F)(F)F. The van der Waals surface area contributed by atoms with Crippen LogP contribution < -0.4 is 10.6 Å². The molecule has 1 unspecified atom stereocenters. The summed E-state index contributed by atoms with van der Waals surface area (Å²) in [7, 11) is 0. The summed E-state index contributed by atoms with van der Waals surface area (Å²) in [5, 5.41) is 4.41. The lowest BCUT2D eigenvalue weighted by Crippen LogP contribution is -2.45. The van der Waals surface area contributed by atoms with Crippen LogP contribution in [0.5, 0.6) is 0 Å². The Hall–Kier alpha value is -1.97. The molecule has 1 atom stereocenters. The van der Waals surface area contributed by atoms with Crippen LogP contribution in [0.4, 0.5) is 27.6 Å². The molecular formula is C13H12F5N3OS. The fourth-order valence-corrected chi connectivity index (χ4v) is 2.39. The third-order valence-corrected chi connectivity index (χ3v) is 3.60. The zero-order valence-electron chi connectivity index (χ0n) is 11.6. The van der Waals surface area contributed by atoms with Crippen LogP contribution in [-0.2, 0) is 4.79 Å². The second-order valence-electron chi connectivity index (χ2n) is 4.96. The van der Waals surface area contributed by atoms with Crippen molar-refractivity contribution in [3.8, 4) is 0 Å². The molecule has 10 heteroatoms. The van der Waals surface area contributed by atoms with E-state index in [1.54, 1.807) is 0 Å². The third-order valence-electron chi connectivity index (χ3n) is 3.24. The number of thiocarbonyl (C=S) groups is 1. The Kier molecular flexibility index (Phi) is 5.03. The molecule has 0 spiro atoms. The number of likely N-dealkylation sites (tertiary alicyclic amines) is 1. The van der Waals surface area contributed by atoms with Crippen LogP contribution in [0, 0.1) is 11.6 Å². The maximum Gasteiger partial charge on any atom is 0.471 e. The zero-order chi connectivity index (χ0) is 17.2. The number of amides is 1. The number of nitrogens with zero attached hydrogens (tertiary/aromatic N) is 1. The Labute approximate surface area is 133 Å². The number of carbonyl (C=O) groups excluding carboxylic acids is 1. The summed E-state index contributed by atoms with van der Waals surface area (Å²) in [5.41, 5.74) is -0.169.